The normalized spacial score (nSPS) is 21.9. The van der Waals surface area contributed by atoms with E-state index in [1.54, 1.807) is 0 Å². The van der Waals surface area contributed by atoms with Crippen LogP contribution in [0, 0.1) is 4.77 Å². The zero-order valence-corrected chi connectivity index (χ0v) is 19.9. The van der Waals surface area contributed by atoms with Gasteiger partial charge in [0.15, 0.2) is 14.6 Å². The quantitative estimate of drug-likeness (QED) is 0.518. The smallest absolute Gasteiger partial charge is 0.181 e. The topological polar surface area (TPSA) is 50.5 Å². The standard InChI is InChI=1S/C24H30N4O2S2/c29-32(30)17-11-21(18-32)26-15-13-25(14-16-26)19-28-23-9-5-4-8-22(23)27(24(28)31)12-10-20-6-2-1-3-7-20/h1-9,21H,10-19H2. The van der Waals surface area contributed by atoms with E-state index < -0.39 is 9.84 Å². The van der Waals surface area contributed by atoms with Crippen LogP contribution < -0.4 is 0 Å². The van der Waals surface area contributed by atoms with Gasteiger partial charge in [0.1, 0.15) is 0 Å². The van der Waals surface area contributed by atoms with Crippen molar-refractivity contribution in [3.63, 3.8) is 0 Å². The van der Waals surface area contributed by atoms with E-state index in [1.807, 2.05) is 6.07 Å². The van der Waals surface area contributed by atoms with Gasteiger partial charge in [0.05, 0.1) is 29.2 Å². The van der Waals surface area contributed by atoms with Crippen molar-refractivity contribution < 1.29 is 8.42 Å². The van der Waals surface area contributed by atoms with Gasteiger partial charge in [-0.15, -0.1) is 0 Å². The molecule has 8 heteroatoms. The molecule has 2 aliphatic heterocycles. The van der Waals surface area contributed by atoms with E-state index in [0.717, 1.165) is 57.0 Å². The Bertz CT molecular complexity index is 1240. The van der Waals surface area contributed by atoms with Gasteiger partial charge in [-0.3, -0.25) is 9.80 Å². The third-order valence-electron chi connectivity index (χ3n) is 6.87. The lowest BCUT2D eigenvalue weighted by Gasteiger charge is -2.37. The highest BCUT2D eigenvalue weighted by molar-refractivity contribution is 7.91. The fourth-order valence-corrected chi connectivity index (χ4v) is 7.15. The maximum atomic E-state index is 11.8. The third-order valence-corrected chi connectivity index (χ3v) is 9.06. The van der Waals surface area contributed by atoms with Gasteiger partial charge in [0, 0.05) is 38.8 Å². The summed E-state index contributed by atoms with van der Waals surface area (Å²) >= 11 is 5.93. The maximum absolute atomic E-state index is 11.8. The first kappa shape index (κ1) is 21.8. The zero-order chi connectivity index (χ0) is 22.1. The third kappa shape index (κ3) is 4.55. The van der Waals surface area contributed by atoms with Crippen LogP contribution in [0.15, 0.2) is 54.6 Å². The molecule has 2 aromatic carbocycles. The number of fused-ring (bicyclic) bond motifs is 1. The predicted molar refractivity (Wildman–Crippen MR) is 131 cm³/mol. The van der Waals surface area contributed by atoms with E-state index in [1.165, 1.54) is 16.6 Å². The molecule has 3 heterocycles. The molecule has 170 valence electrons. The van der Waals surface area contributed by atoms with Gasteiger partial charge in [-0.05, 0) is 42.8 Å². The Balaban J connectivity index is 1.30. The summed E-state index contributed by atoms with van der Waals surface area (Å²) in [4.78, 5) is 4.80. The molecule has 0 spiro atoms. The van der Waals surface area contributed by atoms with Crippen LogP contribution in [-0.2, 0) is 29.5 Å². The van der Waals surface area contributed by atoms with E-state index >= 15 is 0 Å². The minimum absolute atomic E-state index is 0.198. The van der Waals surface area contributed by atoms with Gasteiger partial charge in [0.2, 0.25) is 0 Å². The van der Waals surface area contributed by atoms with Crippen molar-refractivity contribution in [2.45, 2.75) is 32.1 Å². The number of sulfone groups is 1. The molecule has 0 radical (unpaired) electrons. The van der Waals surface area contributed by atoms with Crippen LogP contribution in [0.5, 0.6) is 0 Å². The van der Waals surface area contributed by atoms with Crippen molar-refractivity contribution in [3.05, 3.63) is 64.9 Å². The molecule has 1 unspecified atom stereocenters. The summed E-state index contributed by atoms with van der Waals surface area (Å²) in [5, 5.41) is 0. The number of piperazine rings is 1. The molecule has 0 saturated carbocycles. The number of hydrogen-bond donors (Lipinski definition) is 0. The molecule has 2 fully saturated rings. The fraction of sp³-hybridized carbons (Fsp3) is 0.458. The molecule has 0 amide bonds. The average Bonchev–Trinajstić information content (AvgIpc) is 3.30. The lowest BCUT2D eigenvalue weighted by molar-refractivity contribution is 0.0852. The SMILES string of the molecule is O=S1(=O)CCC(N2CCN(Cn3c(=S)n(CCc4ccccc4)c4ccccc43)CC2)C1. The minimum Gasteiger partial charge on any atom is -0.316 e. The fourth-order valence-electron chi connectivity index (χ4n) is 5.04. The zero-order valence-electron chi connectivity index (χ0n) is 18.3. The average molecular weight is 471 g/mol. The van der Waals surface area contributed by atoms with E-state index in [0.29, 0.717) is 11.5 Å². The van der Waals surface area contributed by atoms with Crippen LogP contribution in [0.1, 0.15) is 12.0 Å². The Labute approximate surface area is 195 Å². The monoisotopic (exact) mass is 470 g/mol. The molecular formula is C24H30N4O2S2. The van der Waals surface area contributed by atoms with Gasteiger partial charge in [-0.2, -0.15) is 0 Å². The second kappa shape index (κ2) is 9.09. The Morgan fingerprint density at radius 3 is 2.19 bits per heavy atom. The lowest BCUT2D eigenvalue weighted by atomic mass is 10.1. The van der Waals surface area contributed by atoms with E-state index in [2.05, 4.69) is 67.5 Å². The van der Waals surface area contributed by atoms with Crippen molar-refractivity contribution in [3.8, 4) is 0 Å². The number of aromatic nitrogens is 2. The minimum atomic E-state index is -2.84. The number of nitrogens with zero attached hydrogens (tertiary/aromatic N) is 4. The van der Waals surface area contributed by atoms with Crippen LogP contribution in [0.3, 0.4) is 0 Å². The second-order valence-corrected chi connectivity index (χ2v) is 11.5. The number of rotatable bonds is 6. The molecule has 32 heavy (non-hydrogen) atoms. The summed E-state index contributed by atoms with van der Waals surface area (Å²) in [6.07, 6.45) is 1.73. The first-order chi connectivity index (χ1) is 15.5. The van der Waals surface area contributed by atoms with E-state index in [-0.39, 0.29) is 6.04 Å². The highest BCUT2D eigenvalue weighted by Gasteiger charge is 2.33. The highest BCUT2D eigenvalue weighted by Crippen LogP contribution is 2.22. The van der Waals surface area contributed by atoms with Crippen molar-refractivity contribution in [2.75, 3.05) is 37.7 Å². The number of benzene rings is 2. The summed E-state index contributed by atoms with van der Waals surface area (Å²) in [7, 11) is -2.84. The van der Waals surface area contributed by atoms with Crippen LogP contribution in [0.4, 0.5) is 0 Å². The molecule has 2 saturated heterocycles. The number of para-hydroxylation sites is 2. The van der Waals surface area contributed by atoms with Gasteiger partial charge < -0.3 is 9.13 Å². The van der Waals surface area contributed by atoms with Crippen LogP contribution >= 0.6 is 12.2 Å². The molecule has 3 aromatic rings. The summed E-state index contributed by atoms with van der Waals surface area (Å²) in [6, 6.07) is 19.2. The van der Waals surface area contributed by atoms with Crippen LogP contribution in [0.25, 0.3) is 11.0 Å². The van der Waals surface area contributed by atoms with Crippen molar-refractivity contribution in [1.29, 1.82) is 0 Å². The molecular weight excluding hydrogens is 440 g/mol. The van der Waals surface area contributed by atoms with Crippen molar-refractivity contribution in [2.24, 2.45) is 0 Å². The molecule has 0 aliphatic carbocycles. The number of hydrogen-bond acceptors (Lipinski definition) is 5. The summed E-state index contributed by atoms with van der Waals surface area (Å²) in [5.74, 6) is 0.669. The highest BCUT2D eigenvalue weighted by atomic mass is 32.2. The number of imidazole rings is 1. The van der Waals surface area contributed by atoms with Gasteiger partial charge in [0.25, 0.3) is 0 Å². The van der Waals surface area contributed by atoms with Gasteiger partial charge in [-0.25, -0.2) is 8.42 Å². The molecule has 0 bridgehead atoms. The molecule has 6 nitrogen and oxygen atoms in total. The molecule has 1 aromatic heterocycles. The lowest BCUT2D eigenvalue weighted by Crippen LogP contribution is -2.50. The molecule has 1 atom stereocenters. The summed E-state index contributed by atoms with van der Waals surface area (Å²) in [6.45, 7) is 5.33. The van der Waals surface area contributed by atoms with Gasteiger partial charge >= 0.3 is 0 Å². The Morgan fingerprint density at radius 2 is 1.53 bits per heavy atom. The molecule has 5 rings (SSSR count). The first-order valence-electron chi connectivity index (χ1n) is 11.4. The molecule has 2 aliphatic rings. The van der Waals surface area contributed by atoms with E-state index in [4.69, 9.17) is 12.2 Å². The first-order valence-corrected chi connectivity index (χ1v) is 13.6. The van der Waals surface area contributed by atoms with Crippen LogP contribution in [-0.4, -0.2) is 71.1 Å². The summed E-state index contributed by atoms with van der Waals surface area (Å²) in [5.41, 5.74) is 3.68. The maximum Gasteiger partial charge on any atom is 0.181 e. The van der Waals surface area contributed by atoms with Crippen molar-refractivity contribution >= 4 is 33.1 Å². The Kier molecular flexibility index (Phi) is 6.20. The molecule has 0 N–H and O–H groups in total. The van der Waals surface area contributed by atoms with E-state index in [9.17, 15) is 8.42 Å². The van der Waals surface area contributed by atoms with Crippen LogP contribution in [0.2, 0.25) is 0 Å². The second-order valence-electron chi connectivity index (χ2n) is 8.94. The Hall–Kier alpha value is -2.00. The largest absolute Gasteiger partial charge is 0.316 e. The number of aryl methyl sites for hydroxylation is 2. The summed E-state index contributed by atoms with van der Waals surface area (Å²) < 4.78 is 29.1. The van der Waals surface area contributed by atoms with Crippen molar-refractivity contribution in [1.82, 2.24) is 18.9 Å². The predicted octanol–water partition coefficient (Wildman–Crippen LogP) is 3.18. The van der Waals surface area contributed by atoms with Gasteiger partial charge in [-0.1, -0.05) is 42.5 Å². The Morgan fingerprint density at radius 1 is 0.875 bits per heavy atom.